The van der Waals surface area contributed by atoms with Crippen LogP contribution in [0.4, 0.5) is 0 Å². The van der Waals surface area contributed by atoms with Crippen molar-refractivity contribution in [1.29, 1.82) is 0 Å². The van der Waals surface area contributed by atoms with Gasteiger partial charge in [0, 0.05) is 0 Å². The first kappa shape index (κ1) is 21.7. The fourth-order valence-corrected chi connectivity index (χ4v) is 3.23. The second-order valence-corrected chi connectivity index (χ2v) is 13.1. The molecule has 0 aromatic heterocycles. The van der Waals surface area contributed by atoms with E-state index in [9.17, 15) is 5.11 Å². The van der Waals surface area contributed by atoms with Crippen molar-refractivity contribution in [2.24, 2.45) is 0 Å². The highest BCUT2D eigenvalue weighted by Gasteiger charge is 2.38. The Morgan fingerprint density at radius 1 is 1.16 bits per heavy atom. The van der Waals surface area contributed by atoms with Gasteiger partial charge in [-0.25, -0.2) is 0 Å². The minimum absolute atomic E-state index is 0.182. The third-order valence-corrected chi connectivity index (χ3v) is 9.80. The zero-order valence-electron chi connectivity index (χ0n) is 17.3. The van der Waals surface area contributed by atoms with E-state index in [4.69, 9.17) is 4.43 Å². The molecule has 1 rings (SSSR count). The van der Waals surface area contributed by atoms with Crippen LogP contribution < -0.4 is 4.43 Å². The lowest BCUT2D eigenvalue weighted by Gasteiger charge is -2.36. The molecule has 0 amide bonds. The van der Waals surface area contributed by atoms with Gasteiger partial charge >= 0.3 is 0 Å². The normalized spacial score (nSPS) is 14.2. The van der Waals surface area contributed by atoms with Gasteiger partial charge in [0.25, 0.3) is 0 Å². The Labute approximate surface area is 155 Å². The Kier molecular flexibility index (Phi) is 7.27. The van der Waals surface area contributed by atoms with Crippen LogP contribution in [-0.4, -0.2) is 19.0 Å². The van der Waals surface area contributed by atoms with Crippen LogP contribution >= 0.6 is 0 Å². The summed E-state index contributed by atoms with van der Waals surface area (Å²) < 4.78 is 6.40. The third kappa shape index (κ3) is 6.16. The molecule has 0 aliphatic heterocycles. The molecule has 0 radical (unpaired) electrons. The third-order valence-electron chi connectivity index (χ3n) is 5.45. The van der Waals surface area contributed by atoms with Crippen LogP contribution in [0.25, 0.3) is 5.57 Å². The minimum atomic E-state index is -1.83. The van der Waals surface area contributed by atoms with Gasteiger partial charge in [0.15, 0.2) is 0 Å². The molecule has 140 valence electrons. The van der Waals surface area contributed by atoms with Crippen LogP contribution in [0.1, 0.15) is 59.9 Å². The maximum atomic E-state index is 10.3. The fraction of sp³-hybridized carbons (Fsp3) is 0.545. The summed E-state index contributed by atoms with van der Waals surface area (Å²) in [6, 6.07) is 8.31. The molecule has 2 nitrogen and oxygen atoms in total. The van der Waals surface area contributed by atoms with E-state index in [2.05, 4.69) is 59.0 Å². The molecule has 0 aliphatic rings. The van der Waals surface area contributed by atoms with Crippen molar-refractivity contribution < 1.29 is 9.53 Å². The summed E-state index contributed by atoms with van der Waals surface area (Å²) in [5, 5.41) is 10.5. The molecule has 0 heterocycles. The summed E-state index contributed by atoms with van der Waals surface area (Å²) in [7, 11) is -1.83. The van der Waals surface area contributed by atoms with Crippen molar-refractivity contribution >= 4 is 13.9 Å². The van der Waals surface area contributed by atoms with Crippen molar-refractivity contribution in [1.82, 2.24) is 0 Å². The van der Waals surface area contributed by atoms with Crippen LogP contribution in [-0.2, 0) is 0 Å². The van der Waals surface area contributed by atoms with Crippen molar-refractivity contribution in [3.63, 3.8) is 0 Å². The number of rotatable bonds is 7. The van der Waals surface area contributed by atoms with Crippen molar-refractivity contribution in [2.45, 2.75) is 78.1 Å². The van der Waals surface area contributed by atoms with E-state index in [0.29, 0.717) is 0 Å². The maximum absolute atomic E-state index is 10.3. The Morgan fingerprint density at radius 3 is 2.28 bits per heavy atom. The average molecular weight is 361 g/mol. The molecule has 1 N–H and O–H groups in total. The van der Waals surface area contributed by atoms with Gasteiger partial charge in [0.1, 0.15) is 5.75 Å². The first-order valence-electron chi connectivity index (χ1n) is 9.32. The van der Waals surface area contributed by atoms with Gasteiger partial charge in [0.2, 0.25) is 8.32 Å². The molecule has 25 heavy (non-hydrogen) atoms. The van der Waals surface area contributed by atoms with Crippen LogP contribution in [0.5, 0.6) is 5.75 Å². The van der Waals surface area contributed by atoms with E-state index < -0.39 is 13.9 Å². The van der Waals surface area contributed by atoms with E-state index in [1.807, 2.05) is 38.1 Å². The summed E-state index contributed by atoms with van der Waals surface area (Å²) in [6.07, 6.45) is 7.36. The largest absolute Gasteiger partial charge is 0.543 e. The smallest absolute Gasteiger partial charge is 0.250 e. The quantitative estimate of drug-likeness (QED) is 0.439. The van der Waals surface area contributed by atoms with E-state index in [1.165, 1.54) is 0 Å². The Bertz CT molecular complexity index is 617. The van der Waals surface area contributed by atoms with Gasteiger partial charge in [-0.15, -0.1) is 0 Å². The SMILES string of the molecule is CCC(O)(/C=C/C=C(\C)c1cccc(O[Si](C)(C)C(C)(C)C)c1)CC. The van der Waals surface area contributed by atoms with Gasteiger partial charge < -0.3 is 9.53 Å². The minimum Gasteiger partial charge on any atom is -0.543 e. The van der Waals surface area contributed by atoms with Crippen molar-refractivity contribution in [3.05, 3.63) is 48.1 Å². The van der Waals surface area contributed by atoms with Crippen LogP contribution in [0.2, 0.25) is 18.1 Å². The molecule has 0 spiro atoms. The zero-order chi connectivity index (χ0) is 19.3. The molecule has 0 saturated heterocycles. The molecule has 0 unspecified atom stereocenters. The second kappa shape index (κ2) is 8.37. The number of benzene rings is 1. The van der Waals surface area contributed by atoms with E-state index in [-0.39, 0.29) is 5.04 Å². The lowest BCUT2D eigenvalue weighted by atomic mass is 9.96. The Hall–Kier alpha value is -1.32. The van der Waals surface area contributed by atoms with Crippen LogP contribution in [0.3, 0.4) is 0 Å². The number of hydrogen-bond donors (Lipinski definition) is 1. The van der Waals surface area contributed by atoms with Gasteiger partial charge in [-0.3, -0.25) is 0 Å². The summed E-state index contributed by atoms with van der Waals surface area (Å²) in [5.74, 6) is 0.944. The Morgan fingerprint density at radius 2 is 1.76 bits per heavy atom. The monoisotopic (exact) mass is 360 g/mol. The predicted octanol–water partition coefficient (Wildman–Crippen LogP) is 6.58. The molecule has 0 atom stereocenters. The molecule has 0 saturated carbocycles. The Balaban J connectivity index is 2.97. The lowest BCUT2D eigenvalue weighted by molar-refractivity contribution is 0.0828. The molecule has 0 fully saturated rings. The first-order valence-corrected chi connectivity index (χ1v) is 12.2. The number of hydrogen-bond acceptors (Lipinski definition) is 2. The van der Waals surface area contributed by atoms with E-state index >= 15 is 0 Å². The highest BCUT2D eigenvalue weighted by atomic mass is 28.4. The highest BCUT2D eigenvalue weighted by Crippen LogP contribution is 2.37. The molecule has 3 heteroatoms. The predicted molar refractivity (Wildman–Crippen MR) is 113 cm³/mol. The second-order valence-electron chi connectivity index (χ2n) is 8.41. The average Bonchev–Trinajstić information content (AvgIpc) is 2.53. The van der Waals surface area contributed by atoms with Gasteiger partial charge in [-0.1, -0.05) is 65.0 Å². The molecular formula is C22H36O2Si. The number of aliphatic hydroxyl groups is 1. The molecular weight excluding hydrogens is 324 g/mol. The highest BCUT2D eigenvalue weighted by molar-refractivity contribution is 6.74. The summed E-state index contributed by atoms with van der Waals surface area (Å²) in [4.78, 5) is 0. The van der Waals surface area contributed by atoms with Crippen molar-refractivity contribution in [3.8, 4) is 5.75 Å². The summed E-state index contributed by atoms with van der Waals surface area (Å²) >= 11 is 0. The molecule has 1 aromatic carbocycles. The summed E-state index contributed by atoms with van der Waals surface area (Å²) in [5.41, 5.74) is 1.60. The summed E-state index contributed by atoms with van der Waals surface area (Å²) in [6.45, 7) is 17.4. The number of allylic oxidation sites excluding steroid dienone is 3. The van der Waals surface area contributed by atoms with Crippen LogP contribution in [0.15, 0.2) is 42.5 Å². The van der Waals surface area contributed by atoms with Gasteiger partial charge in [-0.05, 0) is 61.2 Å². The standard InChI is InChI=1S/C22H36O2Si/c1-9-22(23,10-2)16-12-13-18(3)19-14-11-15-20(17-19)24-25(7,8)21(4,5)6/h11-17,23H,9-10H2,1-8H3/b16-12+,18-13+. The van der Waals surface area contributed by atoms with Gasteiger partial charge in [0.05, 0.1) is 5.60 Å². The zero-order valence-corrected chi connectivity index (χ0v) is 18.3. The maximum Gasteiger partial charge on any atom is 0.250 e. The molecule has 1 aromatic rings. The van der Waals surface area contributed by atoms with Gasteiger partial charge in [-0.2, -0.15) is 0 Å². The van der Waals surface area contributed by atoms with E-state index in [1.54, 1.807) is 0 Å². The molecule has 0 aliphatic carbocycles. The van der Waals surface area contributed by atoms with Crippen LogP contribution in [0, 0.1) is 0 Å². The molecule has 0 bridgehead atoms. The fourth-order valence-electron chi connectivity index (χ4n) is 2.21. The first-order chi connectivity index (χ1) is 11.4. The topological polar surface area (TPSA) is 29.5 Å². The lowest BCUT2D eigenvalue weighted by Crippen LogP contribution is -2.43. The van der Waals surface area contributed by atoms with E-state index in [0.717, 1.165) is 29.7 Å². The van der Waals surface area contributed by atoms with Crippen molar-refractivity contribution in [2.75, 3.05) is 0 Å².